The first-order valence-corrected chi connectivity index (χ1v) is 7.37. The Kier molecular flexibility index (Phi) is 5.39. The topological polar surface area (TPSA) is 38.3 Å². The van der Waals surface area contributed by atoms with Gasteiger partial charge in [-0.05, 0) is 43.2 Å². The van der Waals surface area contributed by atoms with Crippen molar-refractivity contribution in [3.05, 3.63) is 58.9 Å². The quantitative estimate of drug-likeness (QED) is 0.875. The van der Waals surface area contributed by atoms with E-state index in [1.807, 2.05) is 13.0 Å². The Morgan fingerprint density at radius 3 is 2.68 bits per heavy atom. The number of hydrogen-bond donors (Lipinski definition) is 1. The van der Waals surface area contributed by atoms with E-state index in [2.05, 4.69) is 5.32 Å². The zero-order valence-corrected chi connectivity index (χ0v) is 13.2. The Morgan fingerprint density at radius 1 is 1.32 bits per heavy atom. The molecule has 3 nitrogen and oxygen atoms in total. The number of aryl methyl sites for hydroxylation is 1. The van der Waals surface area contributed by atoms with E-state index in [9.17, 15) is 9.18 Å². The first kappa shape index (κ1) is 16.3. The molecule has 5 heteroatoms. The average Bonchev–Trinajstić information content (AvgIpc) is 2.50. The number of rotatable bonds is 5. The summed E-state index contributed by atoms with van der Waals surface area (Å²) < 4.78 is 19.1. The predicted octanol–water partition coefficient (Wildman–Crippen LogP) is 4.58. The Balaban J connectivity index is 2.08. The Bertz CT molecular complexity index is 675. The molecule has 2 aromatic carbocycles. The van der Waals surface area contributed by atoms with Crippen LogP contribution in [-0.2, 0) is 4.79 Å². The van der Waals surface area contributed by atoms with Crippen molar-refractivity contribution < 1.29 is 13.9 Å². The highest BCUT2D eigenvalue weighted by molar-refractivity contribution is 6.31. The zero-order chi connectivity index (χ0) is 16.1. The van der Waals surface area contributed by atoms with Crippen LogP contribution in [0.5, 0.6) is 5.75 Å². The Morgan fingerprint density at radius 2 is 2.05 bits per heavy atom. The molecule has 1 amide bonds. The minimum atomic E-state index is -0.781. The average molecular weight is 322 g/mol. The summed E-state index contributed by atoms with van der Waals surface area (Å²) in [6.45, 7) is 3.68. The third kappa shape index (κ3) is 3.98. The van der Waals surface area contributed by atoms with E-state index < -0.39 is 11.9 Å². The number of ether oxygens (including phenoxy) is 1. The third-order valence-corrected chi connectivity index (χ3v) is 3.62. The van der Waals surface area contributed by atoms with Crippen LogP contribution in [-0.4, -0.2) is 12.0 Å². The van der Waals surface area contributed by atoms with Crippen LogP contribution in [0, 0.1) is 12.7 Å². The molecule has 0 radical (unpaired) electrons. The molecule has 2 rings (SSSR count). The Hall–Kier alpha value is -2.07. The molecule has 0 spiro atoms. The van der Waals surface area contributed by atoms with Crippen molar-refractivity contribution in [2.45, 2.75) is 26.4 Å². The van der Waals surface area contributed by atoms with E-state index in [-0.39, 0.29) is 11.7 Å². The van der Waals surface area contributed by atoms with Crippen molar-refractivity contribution in [3.63, 3.8) is 0 Å². The molecular formula is C17H17ClFNO2. The number of halogens is 2. The monoisotopic (exact) mass is 321 g/mol. The van der Waals surface area contributed by atoms with Crippen LogP contribution in [0.2, 0.25) is 5.02 Å². The maximum absolute atomic E-state index is 13.6. The number of carbonyl (C=O) groups excluding carboxylic acids is 1. The summed E-state index contributed by atoms with van der Waals surface area (Å²) in [7, 11) is 0. The van der Waals surface area contributed by atoms with Crippen LogP contribution in [0.25, 0.3) is 0 Å². The standard InChI is InChI=1S/C17H17ClFNO2/c1-3-15(22-16-7-5-4-6-14(16)19)17(21)20-12-9-8-11(2)13(18)10-12/h4-10,15H,3H2,1-2H3,(H,20,21)/t15-/m1/s1. The second-order valence-electron chi connectivity index (χ2n) is 4.90. The number of nitrogens with one attached hydrogen (secondary N) is 1. The van der Waals surface area contributed by atoms with E-state index >= 15 is 0 Å². The largest absolute Gasteiger partial charge is 0.478 e. The molecule has 0 heterocycles. The minimum Gasteiger partial charge on any atom is -0.478 e. The second kappa shape index (κ2) is 7.27. The molecule has 116 valence electrons. The molecule has 2 aromatic rings. The van der Waals surface area contributed by atoms with Gasteiger partial charge in [-0.2, -0.15) is 0 Å². The lowest BCUT2D eigenvalue weighted by Crippen LogP contribution is -2.32. The summed E-state index contributed by atoms with van der Waals surface area (Å²) in [5.41, 5.74) is 1.51. The van der Waals surface area contributed by atoms with Gasteiger partial charge in [0.05, 0.1) is 0 Å². The fourth-order valence-electron chi connectivity index (χ4n) is 1.91. The van der Waals surface area contributed by atoms with E-state index in [0.29, 0.717) is 17.1 Å². The third-order valence-electron chi connectivity index (χ3n) is 3.21. The summed E-state index contributed by atoms with van der Waals surface area (Å²) in [6, 6.07) is 11.3. The summed E-state index contributed by atoms with van der Waals surface area (Å²) in [5.74, 6) is -0.774. The van der Waals surface area contributed by atoms with E-state index in [1.54, 1.807) is 31.2 Å². The number of hydrogen-bond acceptors (Lipinski definition) is 2. The molecule has 22 heavy (non-hydrogen) atoms. The van der Waals surface area contributed by atoms with Gasteiger partial charge in [0.2, 0.25) is 0 Å². The smallest absolute Gasteiger partial charge is 0.265 e. The lowest BCUT2D eigenvalue weighted by Gasteiger charge is -2.18. The molecular weight excluding hydrogens is 305 g/mol. The highest BCUT2D eigenvalue weighted by Gasteiger charge is 2.20. The Labute approximate surface area is 134 Å². The van der Waals surface area contributed by atoms with Gasteiger partial charge in [0.1, 0.15) is 0 Å². The summed E-state index contributed by atoms with van der Waals surface area (Å²) in [4.78, 5) is 12.3. The van der Waals surface area contributed by atoms with E-state index in [1.165, 1.54) is 12.1 Å². The first-order valence-electron chi connectivity index (χ1n) is 6.99. The van der Waals surface area contributed by atoms with Gasteiger partial charge in [-0.25, -0.2) is 4.39 Å². The van der Waals surface area contributed by atoms with Gasteiger partial charge in [0, 0.05) is 10.7 Å². The number of carbonyl (C=O) groups is 1. The molecule has 1 N–H and O–H groups in total. The molecule has 0 aliphatic rings. The SMILES string of the molecule is CC[C@@H](Oc1ccccc1F)C(=O)Nc1ccc(C)c(Cl)c1. The lowest BCUT2D eigenvalue weighted by molar-refractivity contribution is -0.122. The fourth-order valence-corrected chi connectivity index (χ4v) is 2.09. The molecule has 0 saturated carbocycles. The van der Waals surface area contributed by atoms with Gasteiger partial charge in [-0.1, -0.05) is 36.7 Å². The van der Waals surface area contributed by atoms with Crippen LogP contribution >= 0.6 is 11.6 Å². The summed E-state index contributed by atoms with van der Waals surface area (Å²) in [6.07, 6.45) is -0.364. The van der Waals surface area contributed by atoms with Crippen LogP contribution in [0.3, 0.4) is 0 Å². The molecule has 0 fully saturated rings. The number of amides is 1. The number of anilines is 1. The predicted molar refractivity (Wildman–Crippen MR) is 85.9 cm³/mol. The van der Waals surface area contributed by atoms with E-state index in [4.69, 9.17) is 16.3 Å². The van der Waals surface area contributed by atoms with Crippen molar-refractivity contribution in [3.8, 4) is 5.75 Å². The van der Waals surface area contributed by atoms with Gasteiger partial charge in [0.25, 0.3) is 5.91 Å². The molecule has 0 unspecified atom stereocenters. The molecule has 1 atom stereocenters. The van der Waals surface area contributed by atoms with Crippen molar-refractivity contribution in [2.75, 3.05) is 5.32 Å². The molecule has 0 saturated heterocycles. The minimum absolute atomic E-state index is 0.0615. The molecule has 0 aliphatic heterocycles. The van der Waals surface area contributed by atoms with Crippen molar-refractivity contribution in [1.82, 2.24) is 0 Å². The second-order valence-corrected chi connectivity index (χ2v) is 5.31. The van der Waals surface area contributed by atoms with Crippen molar-refractivity contribution in [1.29, 1.82) is 0 Å². The molecule has 0 aliphatic carbocycles. The highest BCUT2D eigenvalue weighted by Crippen LogP contribution is 2.22. The van der Waals surface area contributed by atoms with Gasteiger partial charge in [0.15, 0.2) is 17.7 Å². The molecule has 0 bridgehead atoms. The number of para-hydroxylation sites is 1. The normalized spacial score (nSPS) is 11.8. The van der Waals surface area contributed by atoms with Crippen LogP contribution < -0.4 is 10.1 Å². The van der Waals surface area contributed by atoms with Gasteiger partial charge >= 0.3 is 0 Å². The zero-order valence-electron chi connectivity index (χ0n) is 12.4. The first-order chi connectivity index (χ1) is 10.5. The maximum atomic E-state index is 13.6. The van der Waals surface area contributed by atoms with Gasteiger partial charge in [-0.15, -0.1) is 0 Å². The van der Waals surface area contributed by atoms with E-state index in [0.717, 1.165) is 5.56 Å². The van der Waals surface area contributed by atoms with Gasteiger partial charge in [-0.3, -0.25) is 4.79 Å². The van der Waals surface area contributed by atoms with Gasteiger partial charge < -0.3 is 10.1 Å². The summed E-state index contributed by atoms with van der Waals surface area (Å²) >= 11 is 6.03. The summed E-state index contributed by atoms with van der Waals surface area (Å²) in [5, 5.41) is 3.30. The van der Waals surface area contributed by atoms with Crippen LogP contribution in [0.1, 0.15) is 18.9 Å². The molecule has 0 aromatic heterocycles. The van der Waals surface area contributed by atoms with Crippen LogP contribution in [0.4, 0.5) is 10.1 Å². The highest BCUT2D eigenvalue weighted by atomic mass is 35.5. The maximum Gasteiger partial charge on any atom is 0.265 e. The number of benzene rings is 2. The van der Waals surface area contributed by atoms with Crippen molar-refractivity contribution in [2.24, 2.45) is 0 Å². The fraction of sp³-hybridized carbons (Fsp3) is 0.235. The van der Waals surface area contributed by atoms with Crippen LogP contribution in [0.15, 0.2) is 42.5 Å². The van der Waals surface area contributed by atoms with Crippen molar-refractivity contribution >= 4 is 23.2 Å². The lowest BCUT2D eigenvalue weighted by atomic mass is 10.2.